The van der Waals surface area contributed by atoms with Gasteiger partial charge in [-0.15, -0.1) is 0 Å². The molecule has 0 radical (unpaired) electrons. The molecule has 1 fully saturated rings. The second kappa shape index (κ2) is 13.1. The normalized spacial score (nSPS) is 16.5. The summed E-state index contributed by atoms with van der Waals surface area (Å²) in [5.41, 5.74) is 6.07. The van der Waals surface area contributed by atoms with Crippen LogP contribution in [-0.4, -0.2) is 45.0 Å². The second-order valence-corrected chi connectivity index (χ2v) is 10.2. The predicted molar refractivity (Wildman–Crippen MR) is 152 cm³/mol. The van der Waals surface area contributed by atoms with Crippen molar-refractivity contribution in [3.8, 4) is 11.5 Å². The standard InChI is InChI=1S/C31H36BrNO3/c1-4-29(23-8-14-26(32)15-9-23)31(24-10-16-27(17-11-24)34-22-20-33(2)3)25-12-18-28(19-13-25)36-30-7-5-6-21-35-30/h8-19,30H,4-7,20-22H2,1-3H3/b31-29-. The highest BCUT2D eigenvalue weighted by Gasteiger charge is 2.17. The van der Waals surface area contributed by atoms with Gasteiger partial charge >= 0.3 is 0 Å². The van der Waals surface area contributed by atoms with E-state index in [2.05, 4.69) is 115 Å². The van der Waals surface area contributed by atoms with E-state index >= 15 is 0 Å². The Balaban J connectivity index is 1.66. The van der Waals surface area contributed by atoms with Crippen LogP contribution in [0.3, 0.4) is 0 Å². The van der Waals surface area contributed by atoms with E-state index in [-0.39, 0.29) is 6.29 Å². The average Bonchev–Trinajstić information content (AvgIpc) is 2.90. The lowest BCUT2D eigenvalue weighted by Crippen LogP contribution is -2.24. The minimum Gasteiger partial charge on any atom is -0.492 e. The Labute approximate surface area is 224 Å². The summed E-state index contributed by atoms with van der Waals surface area (Å²) in [6, 6.07) is 25.4. The van der Waals surface area contributed by atoms with E-state index in [1.165, 1.54) is 22.3 Å². The molecule has 0 N–H and O–H groups in total. The average molecular weight is 551 g/mol. The molecule has 0 saturated carbocycles. The van der Waals surface area contributed by atoms with E-state index in [0.29, 0.717) is 6.61 Å². The van der Waals surface area contributed by atoms with Crippen LogP contribution in [0.2, 0.25) is 0 Å². The van der Waals surface area contributed by atoms with Crippen LogP contribution in [0.4, 0.5) is 0 Å². The van der Waals surface area contributed by atoms with Crippen molar-refractivity contribution < 1.29 is 14.2 Å². The van der Waals surface area contributed by atoms with Gasteiger partial charge in [-0.3, -0.25) is 0 Å². The van der Waals surface area contributed by atoms with E-state index in [4.69, 9.17) is 14.2 Å². The largest absolute Gasteiger partial charge is 0.492 e. The zero-order valence-electron chi connectivity index (χ0n) is 21.5. The van der Waals surface area contributed by atoms with Crippen LogP contribution in [0.15, 0.2) is 77.3 Å². The fraction of sp³-hybridized carbons (Fsp3) is 0.355. The van der Waals surface area contributed by atoms with Gasteiger partial charge in [-0.2, -0.15) is 0 Å². The van der Waals surface area contributed by atoms with Crippen LogP contribution >= 0.6 is 15.9 Å². The molecule has 1 aliphatic heterocycles. The molecule has 1 unspecified atom stereocenters. The molecule has 0 spiro atoms. The smallest absolute Gasteiger partial charge is 0.199 e. The van der Waals surface area contributed by atoms with E-state index in [0.717, 1.165) is 60.4 Å². The van der Waals surface area contributed by atoms with Crippen LogP contribution in [0.1, 0.15) is 49.3 Å². The van der Waals surface area contributed by atoms with Crippen molar-refractivity contribution in [1.82, 2.24) is 4.90 Å². The first kappa shape index (κ1) is 26.5. The van der Waals surface area contributed by atoms with Crippen molar-refractivity contribution in [1.29, 1.82) is 0 Å². The van der Waals surface area contributed by atoms with Crippen LogP contribution < -0.4 is 9.47 Å². The fourth-order valence-corrected chi connectivity index (χ4v) is 4.68. The number of rotatable bonds is 10. The van der Waals surface area contributed by atoms with Crippen molar-refractivity contribution in [3.63, 3.8) is 0 Å². The molecule has 0 aromatic heterocycles. The Bertz CT molecular complexity index is 1120. The number of ether oxygens (including phenoxy) is 3. The molecule has 4 nitrogen and oxygen atoms in total. The predicted octanol–water partition coefficient (Wildman–Crippen LogP) is 7.66. The van der Waals surface area contributed by atoms with Crippen LogP contribution in [0, 0.1) is 0 Å². The summed E-state index contributed by atoms with van der Waals surface area (Å²) < 4.78 is 18.9. The SMILES string of the molecule is CC/C(=C(\c1ccc(OCCN(C)C)cc1)c1ccc(OC2CCCCO2)cc1)c1ccc(Br)cc1. The molecule has 190 valence electrons. The Morgan fingerprint density at radius 1 is 0.861 bits per heavy atom. The Morgan fingerprint density at radius 3 is 2.03 bits per heavy atom. The molecular formula is C31H36BrNO3. The lowest BCUT2D eigenvalue weighted by molar-refractivity contribution is -0.105. The Morgan fingerprint density at radius 2 is 1.47 bits per heavy atom. The highest BCUT2D eigenvalue weighted by atomic mass is 79.9. The van der Waals surface area contributed by atoms with E-state index in [9.17, 15) is 0 Å². The lowest BCUT2D eigenvalue weighted by atomic mass is 9.88. The monoisotopic (exact) mass is 549 g/mol. The summed E-state index contributed by atoms with van der Waals surface area (Å²) in [7, 11) is 4.10. The molecule has 5 heteroatoms. The van der Waals surface area contributed by atoms with Crippen LogP contribution in [0.25, 0.3) is 11.1 Å². The third kappa shape index (κ3) is 7.22. The summed E-state index contributed by atoms with van der Waals surface area (Å²) in [4.78, 5) is 2.12. The summed E-state index contributed by atoms with van der Waals surface area (Å²) in [5, 5.41) is 0. The quantitative estimate of drug-likeness (QED) is 0.243. The molecule has 1 heterocycles. The van der Waals surface area contributed by atoms with Crippen LogP contribution in [0.5, 0.6) is 11.5 Å². The third-order valence-corrected chi connectivity index (χ3v) is 6.88. The van der Waals surface area contributed by atoms with E-state index in [1.807, 2.05) is 0 Å². The number of halogens is 1. The summed E-state index contributed by atoms with van der Waals surface area (Å²) in [6.07, 6.45) is 3.97. The Hall–Kier alpha value is -2.60. The summed E-state index contributed by atoms with van der Waals surface area (Å²) in [5.74, 6) is 1.73. The molecule has 0 bridgehead atoms. The van der Waals surface area contributed by atoms with Gasteiger partial charge in [0.2, 0.25) is 0 Å². The first-order valence-corrected chi connectivity index (χ1v) is 13.6. The van der Waals surface area contributed by atoms with Gasteiger partial charge in [0, 0.05) is 17.4 Å². The molecule has 1 aliphatic rings. The van der Waals surface area contributed by atoms with Gasteiger partial charge in [-0.25, -0.2) is 0 Å². The van der Waals surface area contributed by atoms with Crippen molar-refractivity contribution in [3.05, 3.63) is 94.0 Å². The molecule has 1 saturated heterocycles. The number of hydrogen-bond acceptors (Lipinski definition) is 4. The van der Waals surface area contributed by atoms with E-state index < -0.39 is 0 Å². The van der Waals surface area contributed by atoms with Gasteiger partial charge in [-0.1, -0.05) is 59.3 Å². The first-order valence-electron chi connectivity index (χ1n) is 12.8. The van der Waals surface area contributed by atoms with E-state index in [1.54, 1.807) is 0 Å². The van der Waals surface area contributed by atoms with Gasteiger partial charge in [0.1, 0.15) is 18.1 Å². The highest BCUT2D eigenvalue weighted by molar-refractivity contribution is 9.10. The van der Waals surface area contributed by atoms with Crippen molar-refractivity contribution in [2.24, 2.45) is 0 Å². The van der Waals surface area contributed by atoms with Gasteiger partial charge in [0.25, 0.3) is 0 Å². The maximum absolute atomic E-state index is 6.09. The molecular weight excluding hydrogens is 514 g/mol. The summed E-state index contributed by atoms with van der Waals surface area (Å²) in [6.45, 7) is 4.54. The third-order valence-electron chi connectivity index (χ3n) is 6.35. The first-order chi connectivity index (χ1) is 17.5. The van der Waals surface area contributed by atoms with Crippen LogP contribution in [-0.2, 0) is 4.74 Å². The van der Waals surface area contributed by atoms with Crippen molar-refractivity contribution in [2.45, 2.75) is 38.9 Å². The molecule has 1 atom stereocenters. The number of likely N-dealkylation sites (N-methyl/N-ethyl adjacent to an activating group) is 1. The maximum Gasteiger partial charge on any atom is 0.199 e. The van der Waals surface area contributed by atoms with Gasteiger partial charge in [-0.05, 0) is 97.6 Å². The van der Waals surface area contributed by atoms with Crippen molar-refractivity contribution in [2.75, 3.05) is 33.9 Å². The minimum atomic E-state index is -0.145. The number of hydrogen-bond donors (Lipinski definition) is 0. The minimum absolute atomic E-state index is 0.145. The molecule has 3 aromatic rings. The number of benzene rings is 3. The molecule has 4 rings (SSSR count). The van der Waals surface area contributed by atoms with Crippen molar-refractivity contribution >= 4 is 27.1 Å². The molecule has 0 aliphatic carbocycles. The van der Waals surface area contributed by atoms with Gasteiger partial charge in [0.15, 0.2) is 6.29 Å². The Kier molecular flexibility index (Phi) is 9.62. The topological polar surface area (TPSA) is 30.9 Å². The molecule has 36 heavy (non-hydrogen) atoms. The summed E-state index contributed by atoms with van der Waals surface area (Å²) >= 11 is 3.57. The molecule has 3 aromatic carbocycles. The molecule has 0 amide bonds. The lowest BCUT2D eigenvalue weighted by Gasteiger charge is -2.23. The highest BCUT2D eigenvalue weighted by Crippen LogP contribution is 2.36. The zero-order chi connectivity index (χ0) is 25.3. The van der Waals surface area contributed by atoms with Gasteiger partial charge < -0.3 is 19.1 Å². The zero-order valence-corrected chi connectivity index (χ0v) is 23.1. The second-order valence-electron chi connectivity index (χ2n) is 9.33. The van der Waals surface area contributed by atoms with Gasteiger partial charge in [0.05, 0.1) is 6.61 Å². The number of nitrogens with zero attached hydrogens (tertiary/aromatic N) is 1. The fourth-order valence-electron chi connectivity index (χ4n) is 4.41. The number of allylic oxidation sites excluding steroid dienone is 1. The maximum atomic E-state index is 6.09.